The van der Waals surface area contributed by atoms with Crippen LogP contribution >= 0.6 is 0 Å². The predicted molar refractivity (Wildman–Crippen MR) is 99.0 cm³/mol. The van der Waals surface area contributed by atoms with Crippen LogP contribution in [0.1, 0.15) is 47.6 Å². The van der Waals surface area contributed by atoms with E-state index in [-0.39, 0.29) is 11.9 Å². The van der Waals surface area contributed by atoms with Crippen molar-refractivity contribution < 1.29 is 4.79 Å². The number of carbonyl (C=O) groups is 1. The summed E-state index contributed by atoms with van der Waals surface area (Å²) in [5.41, 5.74) is 2.93. The summed E-state index contributed by atoms with van der Waals surface area (Å²) in [4.78, 5) is 19.8. The summed E-state index contributed by atoms with van der Waals surface area (Å²) in [5, 5.41) is 3.25. The number of nitrogens with zero attached hydrogens (tertiary/aromatic N) is 3. The number of fused-ring (bicyclic) bond motifs is 1. The summed E-state index contributed by atoms with van der Waals surface area (Å²) >= 11 is 0. The Balaban J connectivity index is 1.48. The Morgan fingerprint density at radius 2 is 2.00 bits per heavy atom. The normalized spacial score (nSPS) is 20.2. The smallest absolute Gasteiger partial charge is 0.253 e. The second-order valence-electron chi connectivity index (χ2n) is 7.22. The molecule has 2 aliphatic heterocycles. The lowest BCUT2D eigenvalue weighted by atomic mass is 10.0. The molecule has 3 heterocycles. The molecule has 2 aromatic rings. The highest BCUT2D eigenvalue weighted by molar-refractivity contribution is 6.00. The molecule has 0 radical (unpaired) electrons. The van der Waals surface area contributed by atoms with E-state index >= 15 is 0 Å². The molecule has 0 spiro atoms. The Kier molecular flexibility index (Phi) is 4.47. The minimum absolute atomic E-state index is 0.0476. The van der Waals surface area contributed by atoms with Crippen molar-refractivity contribution in [1.82, 2.24) is 14.9 Å². The van der Waals surface area contributed by atoms with E-state index in [2.05, 4.69) is 32.0 Å². The molecule has 0 bridgehead atoms. The number of amides is 1. The first-order chi connectivity index (χ1) is 12.2. The first kappa shape index (κ1) is 16.2. The van der Waals surface area contributed by atoms with Gasteiger partial charge in [0, 0.05) is 44.0 Å². The average molecular weight is 338 g/mol. The number of hydrogen-bond acceptors (Lipinski definition) is 3. The number of para-hydroxylation sites is 1. The molecule has 132 valence electrons. The van der Waals surface area contributed by atoms with Crippen molar-refractivity contribution in [3.8, 4) is 0 Å². The second kappa shape index (κ2) is 6.90. The first-order valence-corrected chi connectivity index (χ1v) is 9.38. The maximum absolute atomic E-state index is 12.9. The molecule has 1 saturated heterocycles. The van der Waals surface area contributed by atoms with E-state index in [1.165, 1.54) is 19.3 Å². The zero-order valence-corrected chi connectivity index (χ0v) is 14.9. The number of rotatable bonds is 3. The van der Waals surface area contributed by atoms with Gasteiger partial charge in [-0.2, -0.15) is 0 Å². The highest BCUT2D eigenvalue weighted by Crippen LogP contribution is 2.24. The Bertz CT molecular complexity index is 761. The van der Waals surface area contributed by atoms with Gasteiger partial charge in [0.05, 0.1) is 11.3 Å². The number of imidazole rings is 1. The molecule has 1 unspecified atom stereocenters. The summed E-state index contributed by atoms with van der Waals surface area (Å²) in [6, 6.07) is 8.19. The Morgan fingerprint density at radius 1 is 1.20 bits per heavy atom. The SMILES string of the molecule is Cc1cn2c(n1)CCC(NC(=O)c1ccccc1N1CCCCC1)C2. The molecule has 1 aromatic heterocycles. The van der Waals surface area contributed by atoms with Gasteiger partial charge in [-0.1, -0.05) is 12.1 Å². The molecule has 1 aromatic carbocycles. The van der Waals surface area contributed by atoms with Gasteiger partial charge >= 0.3 is 0 Å². The van der Waals surface area contributed by atoms with Crippen molar-refractivity contribution in [3.63, 3.8) is 0 Å². The van der Waals surface area contributed by atoms with Crippen molar-refractivity contribution in [1.29, 1.82) is 0 Å². The summed E-state index contributed by atoms with van der Waals surface area (Å²) < 4.78 is 2.18. The van der Waals surface area contributed by atoms with Gasteiger partial charge in [0.1, 0.15) is 5.82 Å². The Labute approximate surface area is 149 Å². The van der Waals surface area contributed by atoms with Crippen LogP contribution in [-0.2, 0) is 13.0 Å². The molecular formula is C20H26N4O. The van der Waals surface area contributed by atoms with Crippen molar-refractivity contribution in [2.75, 3.05) is 18.0 Å². The Hall–Kier alpha value is -2.30. The van der Waals surface area contributed by atoms with Crippen LogP contribution in [0.25, 0.3) is 0 Å². The minimum atomic E-state index is 0.0476. The van der Waals surface area contributed by atoms with E-state index in [0.29, 0.717) is 0 Å². The van der Waals surface area contributed by atoms with E-state index in [1.54, 1.807) is 0 Å². The molecule has 2 aliphatic rings. The first-order valence-electron chi connectivity index (χ1n) is 9.38. The van der Waals surface area contributed by atoms with Crippen molar-refractivity contribution in [2.24, 2.45) is 0 Å². The molecule has 1 amide bonds. The van der Waals surface area contributed by atoms with Crippen LogP contribution < -0.4 is 10.2 Å². The van der Waals surface area contributed by atoms with Gasteiger partial charge in [-0.3, -0.25) is 4.79 Å². The zero-order valence-electron chi connectivity index (χ0n) is 14.9. The number of aromatic nitrogens is 2. The number of piperidine rings is 1. The van der Waals surface area contributed by atoms with Crippen LogP contribution in [0.5, 0.6) is 0 Å². The molecule has 0 aliphatic carbocycles. The van der Waals surface area contributed by atoms with Gasteiger partial charge in [-0.05, 0) is 44.7 Å². The van der Waals surface area contributed by atoms with Crippen molar-refractivity contribution >= 4 is 11.6 Å². The number of hydrogen-bond donors (Lipinski definition) is 1. The lowest BCUT2D eigenvalue weighted by Crippen LogP contribution is -2.41. The lowest BCUT2D eigenvalue weighted by Gasteiger charge is -2.31. The van der Waals surface area contributed by atoms with E-state index in [4.69, 9.17) is 0 Å². The molecule has 5 heteroatoms. The van der Waals surface area contributed by atoms with Crippen LogP contribution in [0, 0.1) is 6.92 Å². The van der Waals surface area contributed by atoms with E-state index in [9.17, 15) is 4.79 Å². The Morgan fingerprint density at radius 3 is 2.84 bits per heavy atom. The fourth-order valence-corrected chi connectivity index (χ4v) is 4.04. The van der Waals surface area contributed by atoms with E-state index < -0.39 is 0 Å². The number of anilines is 1. The summed E-state index contributed by atoms with van der Waals surface area (Å²) in [6.07, 6.45) is 7.66. The quantitative estimate of drug-likeness (QED) is 0.936. The summed E-state index contributed by atoms with van der Waals surface area (Å²) in [6.45, 7) is 4.93. The largest absolute Gasteiger partial charge is 0.371 e. The minimum Gasteiger partial charge on any atom is -0.371 e. The lowest BCUT2D eigenvalue weighted by molar-refractivity contribution is 0.0928. The standard InChI is InChI=1S/C20H26N4O/c1-15-13-24-14-16(9-10-19(24)21-15)22-20(25)17-7-3-4-8-18(17)23-11-5-2-6-12-23/h3-4,7-8,13,16H,2,5-6,9-12,14H2,1H3,(H,22,25). The third-order valence-electron chi connectivity index (χ3n) is 5.29. The predicted octanol–water partition coefficient (Wildman–Crippen LogP) is 2.93. The molecular weight excluding hydrogens is 312 g/mol. The molecule has 1 N–H and O–H groups in total. The summed E-state index contributed by atoms with van der Waals surface area (Å²) in [5.74, 6) is 1.18. The van der Waals surface area contributed by atoms with Crippen molar-refractivity contribution in [2.45, 2.75) is 51.6 Å². The number of benzene rings is 1. The third-order valence-corrected chi connectivity index (χ3v) is 5.29. The van der Waals surface area contributed by atoms with Gasteiger partial charge in [0.15, 0.2) is 0 Å². The van der Waals surface area contributed by atoms with Crippen LogP contribution in [-0.4, -0.2) is 34.6 Å². The number of nitrogens with one attached hydrogen (secondary N) is 1. The average Bonchev–Trinajstić information content (AvgIpc) is 3.02. The van der Waals surface area contributed by atoms with Gasteiger partial charge < -0.3 is 14.8 Å². The van der Waals surface area contributed by atoms with Crippen LogP contribution in [0.2, 0.25) is 0 Å². The molecule has 5 nitrogen and oxygen atoms in total. The van der Waals surface area contributed by atoms with Crippen LogP contribution in [0.15, 0.2) is 30.5 Å². The van der Waals surface area contributed by atoms with Gasteiger partial charge in [0.2, 0.25) is 0 Å². The topological polar surface area (TPSA) is 50.2 Å². The molecule has 25 heavy (non-hydrogen) atoms. The zero-order chi connectivity index (χ0) is 17.2. The van der Waals surface area contributed by atoms with Gasteiger partial charge in [-0.25, -0.2) is 4.98 Å². The van der Waals surface area contributed by atoms with E-state index in [0.717, 1.165) is 55.2 Å². The highest BCUT2D eigenvalue weighted by atomic mass is 16.1. The maximum atomic E-state index is 12.9. The maximum Gasteiger partial charge on any atom is 0.253 e. The fraction of sp³-hybridized carbons (Fsp3) is 0.500. The molecule has 4 rings (SSSR count). The molecule has 1 atom stereocenters. The molecule has 0 saturated carbocycles. The van der Waals surface area contributed by atoms with Crippen LogP contribution in [0.4, 0.5) is 5.69 Å². The fourth-order valence-electron chi connectivity index (χ4n) is 4.04. The van der Waals surface area contributed by atoms with Crippen molar-refractivity contribution in [3.05, 3.63) is 47.5 Å². The monoisotopic (exact) mass is 338 g/mol. The van der Waals surface area contributed by atoms with Gasteiger partial charge in [0.25, 0.3) is 5.91 Å². The molecule has 1 fully saturated rings. The number of carbonyl (C=O) groups excluding carboxylic acids is 1. The number of aryl methyl sites for hydroxylation is 2. The second-order valence-corrected chi connectivity index (χ2v) is 7.22. The highest BCUT2D eigenvalue weighted by Gasteiger charge is 2.24. The van der Waals surface area contributed by atoms with Crippen LogP contribution in [0.3, 0.4) is 0 Å². The third kappa shape index (κ3) is 3.41. The van der Waals surface area contributed by atoms with Gasteiger partial charge in [-0.15, -0.1) is 0 Å². The summed E-state index contributed by atoms with van der Waals surface area (Å²) in [7, 11) is 0. The van der Waals surface area contributed by atoms with E-state index in [1.807, 2.05) is 25.1 Å².